The van der Waals surface area contributed by atoms with Crippen molar-refractivity contribution in [2.24, 2.45) is 11.6 Å². The average molecular weight is 603 g/mol. The summed E-state index contributed by atoms with van der Waals surface area (Å²) in [5.41, 5.74) is 8.27. The zero-order valence-corrected chi connectivity index (χ0v) is 24.6. The van der Waals surface area contributed by atoms with Gasteiger partial charge >= 0.3 is 0 Å². The second kappa shape index (κ2) is 16.1. The van der Waals surface area contributed by atoms with E-state index in [1.54, 1.807) is 6.92 Å². The third kappa shape index (κ3) is 10.00. The van der Waals surface area contributed by atoms with Crippen molar-refractivity contribution < 1.29 is 24.8 Å². The van der Waals surface area contributed by atoms with Gasteiger partial charge in [0.05, 0.1) is 29.2 Å². The monoisotopic (exact) mass is 601 g/mol. The third-order valence-corrected chi connectivity index (χ3v) is 6.73. The Balaban J connectivity index is 0.00000334. The van der Waals surface area contributed by atoms with Gasteiger partial charge < -0.3 is 35.5 Å². The molecule has 37 heavy (non-hydrogen) atoms. The van der Waals surface area contributed by atoms with Gasteiger partial charge in [-0.25, -0.2) is 5.84 Å². The number of aliphatic hydroxyl groups is 3. The van der Waals surface area contributed by atoms with Crippen LogP contribution in [0.3, 0.4) is 0 Å². The summed E-state index contributed by atoms with van der Waals surface area (Å²) in [5, 5.41) is 30.2. The van der Waals surface area contributed by atoms with Gasteiger partial charge in [0.2, 0.25) is 0 Å². The Morgan fingerprint density at radius 1 is 1.03 bits per heavy atom. The second-order valence-electron chi connectivity index (χ2n) is 8.80. The maximum atomic E-state index is 10.2. The van der Waals surface area contributed by atoms with Gasteiger partial charge in [-0.1, -0.05) is 45.9 Å². The van der Waals surface area contributed by atoms with E-state index in [1.165, 1.54) is 5.01 Å². The molecule has 10 heteroatoms. The van der Waals surface area contributed by atoms with Crippen molar-refractivity contribution >= 4 is 27.5 Å². The first-order valence-electron chi connectivity index (χ1n) is 12.2. The Morgan fingerprint density at radius 2 is 1.59 bits per heavy atom. The van der Waals surface area contributed by atoms with E-state index >= 15 is 0 Å². The van der Waals surface area contributed by atoms with Gasteiger partial charge in [0, 0.05) is 11.1 Å². The number of aliphatic hydroxyl groups excluding tert-OH is 3. The van der Waals surface area contributed by atoms with Crippen molar-refractivity contribution in [2.75, 3.05) is 32.2 Å². The van der Waals surface area contributed by atoms with Crippen molar-refractivity contribution in [1.82, 2.24) is 5.01 Å². The fourth-order valence-corrected chi connectivity index (χ4v) is 3.86. The molecule has 208 valence electrons. The van der Waals surface area contributed by atoms with Gasteiger partial charge in [0.15, 0.2) is 0 Å². The maximum absolute atomic E-state index is 10.2. The van der Waals surface area contributed by atoms with Crippen molar-refractivity contribution in [3.63, 3.8) is 0 Å². The van der Waals surface area contributed by atoms with E-state index in [1.807, 2.05) is 56.3 Å². The first-order valence-corrected chi connectivity index (χ1v) is 13.5. The summed E-state index contributed by atoms with van der Waals surface area (Å²) in [6, 6.07) is 13.6. The van der Waals surface area contributed by atoms with E-state index in [-0.39, 0.29) is 43.4 Å². The lowest BCUT2D eigenvalue weighted by Gasteiger charge is -2.27. The summed E-state index contributed by atoms with van der Waals surface area (Å²) in [5.74, 6) is 7.26. The molecular formula is C27H41BrClN3O5. The van der Waals surface area contributed by atoms with Crippen LogP contribution in [0.1, 0.15) is 45.7 Å². The smallest absolute Gasteiger partial charge is 0.133 e. The molecule has 0 aliphatic heterocycles. The highest BCUT2D eigenvalue weighted by Crippen LogP contribution is 2.36. The van der Waals surface area contributed by atoms with Crippen molar-refractivity contribution in [3.8, 4) is 11.5 Å². The lowest BCUT2D eigenvalue weighted by molar-refractivity contribution is 0.0779. The Kier molecular flexibility index (Phi) is 14.3. The fraction of sp³-hybridized carbons (Fsp3) is 0.481. The van der Waals surface area contributed by atoms with E-state index < -0.39 is 12.2 Å². The lowest BCUT2D eigenvalue weighted by Crippen LogP contribution is -2.40. The standard InChI is InChI=1S/C25H35BrClN3O5.C2H6/c1-16(23(28)13-31)30(29)12-20(33)15-34-21-7-4-17(5-8-21)25(2,3)18-6-9-24(22(26)10-18)35-14-19(32)11-27;1-2/h4-10,19-20,31-33H,11-15,28-29H2,1-3H3;1-2H3/b23-16-;. The first kappa shape index (κ1) is 33.0. The van der Waals surface area contributed by atoms with Gasteiger partial charge in [-0.2, -0.15) is 0 Å². The number of hydrogen-bond donors (Lipinski definition) is 5. The topological polar surface area (TPSA) is 134 Å². The molecule has 0 bridgehead atoms. The highest BCUT2D eigenvalue weighted by atomic mass is 79.9. The summed E-state index contributed by atoms with van der Waals surface area (Å²) >= 11 is 9.17. The Hall–Kier alpha value is -2.01. The van der Waals surface area contributed by atoms with Gasteiger partial charge in [-0.3, -0.25) is 0 Å². The molecule has 2 rings (SSSR count). The number of hydrazine groups is 1. The van der Waals surface area contributed by atoms with E-state index in [0.717, 1.165) is 15.6 Å². The third-order valence-electron chi connectivity index (χ3n) is 5.75. The fourth-order valence-electron chi connectivity index (χ4n) is 3.28. The number of benzene rings is 2. The predicted molar refractivity (Wildman–Crippen MR) is 153 cm³/mol. The minimum atomic E-state index is -0.846. The molecule has 0 amide bonds. The normalized spacial score (nSPS) is 13.6. The minimum absolute atomic E-state index is 0.0512. The van der Waals surface area contributed by atoms with Gasteiger partial charge in [-0.05, 0) is 58.2 Å². The van der Waals surface area contributed by atoms with Crippen LogP contribution in [0.15, 0.2) is 58.3 Å². The van der Waals surface area contributed by atoms with Crippen LogP contribution in [0.5, 0.6) is 11.5 Å². The average Bonchev–Trinajstić information content (AvgIpc) is 2.91. The highest BCUT2D eigenvalue weighted by Gasteiger charge is 2.24. The van der Waals surface area contributed by atoms with Crippen LogP contribution in [0.4, 0.5) is 0 Å². The molecule has 0 spiro atoms. The first-order chi connectivity index (χ1) is 17.5. The number of hydrogen-bond acceptors (Lipinski definition) is 8. The SMILES string of the molecule is C/C(=C(/N)CO)N(N)CC(O)COc1ccc(C(C)(C)c2ccc(OCC(O)CCl)c(Br)c2)cc1.CC. The van der Waals surface area contributed by atoms with Crippen LogP contribution in [0.25, 0.3) is 0 Å². The van der Waals surface area contributed by atoms with Gasteiger partial charge in [-0.15, -0.1) is 11.6 Å². The summed E-state index contributed by atoms with van der Waals surface area (Å²) in [4.78, 5) is 0. The zero-order chi connectivity index (χ0) is 28.2. The largest absolute Gasteiger partial charge is 0.491 e. The van der Waals surface area contributed by atoms with Crippen LogP contribution in [0, 0.1) is 0 Å². The van der Waals surface area contributed by atoms with Crippen molar-refractivity contribution in [3.05, 3.63) is 69.5 Å². The van der Waals surface area contributed by atoms with Crippen molar-refractivity contribution in [2.45, 2.75) is 52.2 Å². The number of halogens is 2. The quantitative estimate of drug-likeness (QED) is 0.133. The molecule has 2 unspecified atom stereocenters. The van der Waals surface area contributed by atoms with E-state index in [0.29, 0.717) is 17.2 Å². The van der Waals surface area contributed by atoms with E-state index in [4.69, 9.17) is 37.8 Å². The van der Waals surface area contributed by atoms with Crippen molar-refractivity contribution in [1.29, 1.82) is 0 Å². The molecule has 2 aromatic carbocycles. The Labute approximate surface area is 233 Å². The number of rotatable bonds is 13. The van der Waals surface area contributed by atoms with Crippen LogP contribution in [0.2, 0.25) is 0 Å². The molecule has 0 heterocycles. The van der Waals surface area contributed by atoms with Crippen LogP contribution in [-0.2, 0) is 5.41 Å². The molecule has 0 aliphatic carbocycles. The highest BCUT2D eigenvalue weighted by molar-refractivity contribution is 9.10. The molecule has 0 aromatic heterocycles. The molecule has 0 radical (unpaired) electrons. The molecule has 0 fully saturated rings. The molecule has 0 aliphatic rings. The molecule has 0 saturated carbocycles. The molecular weight excluding hydrogens is 562 g/mol. The van der Waals surface area contributed by atoms with Crippen LogP contribution >= 0.6 is 27.5 Å². The predicted octanol–water partition coefficient (Wildman–Crippen LogP) is 3.88. The Bertz CT molecular complexity index is 989. The minimum Gasteiger partial charge on any atom is -0.491 e. The molecule has 0 saturated heterocycles. The number of allylic oxidation sites excluding steroid dienone is 1. The van der Waals surface area contributed by atoms with E-state index in [9.17, 15) is 10.2 Å². The number of alkyl halides is 1. The zero-order valence-electron chi connectivity index (χ0n) is 22.2. The van der Waals surface area contributed by atoms with Crippen LogP contribution in [-0.4, -0.2) is 64.8 Å². The molecule has 8 nitrogen and oxygen atoms in total. The second-order valence-corrected chi connectivity index (χ2v) is 9.96. The lowest BCUT2D eigenvalue weighted by atomic mass is 9.78. The van der Waals surface area contributed by atoms with Crippen LogP contribution < -0.4 is 21.1 Å². The number of nitrogens with zero attached hydrogens (tertiary/aromatic N) is 1. The number of nitrogens with two attached hydrogens (primary N) is 2. The summed E-state index contributed by atoms with van der Waals surface area (Å²) in [7, 11) is 0. The number of ether oxygens (including phenoxy) is 2. The van der Waals surface area contributed by atoms with Gasteiger partial charge in [0.25, 0.3) is 0 Å². The molecule has 2 atom stereocenters. The van der Waals surface area contributed by atoms with E-state index in [2.05, 4.69) is 29.8 Å². The summed E-state index contributed by atoms with van der Waals surface area (Å²) in [6.45, 7) is 9.89. The maximum Gasteiger partial charge on any atom is 0.133 e. The van der Waals surface area contributed by atoms with Gasteiger partial charge in [0.1, 0.15) is 36.9 Å². The Morgan fingerprint density at radius 3 is 2.14 bits per heavy atom. The summed E-state index contributed by atoms with van der Waals surface area (Å²) < 4.78 is 12.1. The molecule has 2 aromatic rings. The molecule has 7 N–H and O–H groups in total. The summed E-state index contributed by atoms with van der Waals surface area (Å²) in [6.07, 6.45) is -1.57.